The van der Waals surface area contributed by atoms with E-state index in [4.69, 9.17) is 5.11 Å². The molecule has 0 aliphatic carbocycles. The molecule has 5 heteroatoms. The van der Waals surface area contributed by atoms with Gasteiger partial charge in [0, 0.05) is 5.75 Å². The number of thiophene rings is 1. The molecule has 0 aromatic carbocycles. The summed E-state index contributed by atoms with van der Waals surface area (Å²) >= 11 is 3.29. The predicted octanol–water partition coefficient (Wildman–Crippen LogP) is 1.54. The zero-order valence-corrected chi connectivity index (χ0v) is 8.40. The highest BCUT2D eigenvalue weighted by molar-refractivity contribution is 7.99. The maximum atomic E-state index is 10.6. The Morgan fingerprint density at radius 2 is 2.54 bits per heavy atom. The first-order valence-electron chi connectivity index (χ1n) is 3.90. The van der Waals surface area contributed by atoms with Gasteiger partial charge in [0.2, 0.25) is 0 Å². The van der Waals surface area contributed by atoms with E-state index >= 15 is 0 Å². The smallest absolute Gasteiger partial charge is 0.321 e. The second kappa shape index (κ2) is 3.69. The Bertz CT molecular complexity index is 299. The molecule has 0 saturated carbocycles. The monoisotopic (exact) mass is 215 g/mol. The van der Waals surface area contributed by atoms with Gasteiger partial charge in [-0.3, -0.25) is 10.1 Å². The van der Waals surface area contributed by atoms with Crippen LogP contribution in [0.3, 0.4) is 0 Å². The second-order valence-corrected chi connectivity index (χ2v) is 4.75. The molecule has 0 amide bonds. The van der Waals surface area contributed by atoms with Crippen molar-refractivity contribution >= 4 is 29.1 Å². The molecule has 1 aliphatic rings. The van der Waals surface area contributed by atoms with Gasteiger partial charge in [0.1, 0.15) is 6.04 Å². The van der Waals surface area contributed by atoms with Gasteiger partial charge < -0.3 is 5.11 Å². The van der Waals surface area contributed by atoms with Crippen LogP contribution >= 0.6 is 23.1 Å². The van der Waals surface area contributed by atoms with Crippen LogP contribution in [0.1, 0.15) is 10.9 Å². The fourth-order valence-corrected chi connectivity index (χ4v) is 3.23. The molecule has 1 aromatic rings. The van der Waals surface area contributed by atoms with Crippen molar-refractivity contribution in [1.29, 1.82) is 0 Å². The average Bonchev–Trinajstić information content (AvgIpc) is 2.75. The van der Waals surface area contributed by atoms with E-state index in [1.165, 1.54) is 5.56 Å². The van der Waals surface area contributed by atoms with Gasteiger partial charge in [-0.2, -0.15) is 11.3 Å². The van der Waals surface area contributed by atoms with Gasteiger partial charge in [-0.05, 0) is 22.4 Å². The van der Waals surface area contributed by atoms with Crippen molar-refractivity contribution < 1.29 is 9.90 Å². The average molecular weight is 215 g/mol. The van der Waals surface area contributed by atoms with Crippen molar-refractivity contribution in [2.75, 3.05) is 5.75 Å². The summed E-state index contributed by atoms with van der Waals surface area (Å²) in [6.45, 7) is 0. The lowest BCUT2D eigenvalue weighted by molar-refractivity contribution is -0.138. The van der Waals surface area contributed by atoms with Gasteiger partial charge in [-0.15, -0.1) is 11.8 Å². The third-order valence-corrected chi connectivity index (χ3v) is 3.89. The molecule has 2 N–H and O–H groups in total. The molecule has 0 spiro atoms. The maximum Gasteiger partial charge on any atom is 0.321 e. The summed E-state index contributed by atoms with van der Waals surface area (Å²) in [7, 11) is 0. The number of aliphatic carboxylic acids is 1. The van der Waals surface area contributed by atoms with E-state index in [1.54, 1.807) is 23.1 Å². The number of carboxylic acid groups (broad SMARTS) is 1. The van der Waals surface area contributed by atoms with Crippen LogP contribution in [0.25, 0.3) is 0 Å². The van der Waals surface area contributed by atoms with Crippen molar-refractivity contribution in [2.24, 2.45) is 0 Å². The molecule has 1 aliphatic heterocycles. The van der Waals surface area contributed by atoms with Crippen LogP contribution in [0.2, 0.25) is 0 Å². The van der Waals surface area contributed by atoms with E-state index in [1.807, 2.05) is 11.4 Å². The van der Waals surface area contributed by atoms with Gasteiger partial charge >= 0.3 is 5.97 Å². The zero-order valence-electron chi connectivity index (χ0n) is 6.77. The summed E-state index contributed by atoms with van der Waals surface area (Å²) in [6, 6.07) is 1.63. The largest absolute Gasteiger partial charge is 0.480 e. The van der Waals surface area contributed by atoms with Gasteiger partial charge in [-0.25, -0.2) is 0 Å². The highest BCUT2D eigenvalue weighted by atomic mass is 32.2. The maximum absolute atomic E-state index is 10.6. The van der Waals surface area contributed by atoms with E-state index in [9.17, 15) is 4.79 Å². The van der Waals surface area contributed by atoms with Crippen LogP contribution < -0.4 is 5.32 Å². The molecule has 70 valence electrons. The Morgan fingerprint density at radius 3 is 3.08 bits per heavy atom. The topological polar surface area (TPSA) is 49.3 Å². The molecule has 0 bridgehead atoms. The summed E-state index contributed by atoms with van der Waals surface area (Å²) < 4.78 is 0. The quantitative estimate of drug-likeness (QED) is 0.785. The van der Waals surface area contributed by atoms with E-state index < -0.39 is 12.0 Å². The minimum Gasteiger partial charge on any atom is -0.480 e. The number of hydrogen-bond acceptors (Lipinski definition) is 4. The van der Waals surface area contributed by atoms with Crippen LogP contribution in [0, 0.1) is 0 Å². The number of carboxylic acids is 1. The van der Waals surface area contributed by atoms with E-state index in [0.29, 0.717) is 5.75 Å². The van der Waals surface area contributed by atoms with E-state index in [2.05, 4.69) is 10.7 Å². The lowest BCUT2D eigenvalue weighted by atomic mass is 10.3. The van der Waals surface area contributed by atoms with Crippen LogP contribution in [0.4, 0.5) is 0 Å². The van der Waals surface area contributed by atoms with Crippen molar-refractivity contribution in [1.82, 2.24) is 5.32 Å². The van der Waals surface area contributed by atoms with Gasteiger partial charge in [0.25, 0.3) is 0 Å². The fourth-order valence-electron chi connectivity index (χ4n) is 1.23. The molecule has 2 rings (SSSR count). The summed E-state index contributed by atoms with van der Waals surface area (Å²) in [5.74, 6) is -0.110. The first-order valence-corrected chi connectivity index (χ1v) is 5.89. The molecule has 0 unspecified atom stereocenters. The third-order valence-electron chi connectivity index (χ3n) is 1.93. The SMILES string of the molecule is O=C(O)[C@@H]1CS[C@H](c2ccsc2)N1. The first kappa shape index (κ1) is 9.05. The summed E-state index contributed by atoms with van der Waals surface area (Å²) in [6.07, 6.45) is 0. The van der Waals surface area contributed by atoms with Gasteiger partial charge in [0.05, 0.1) is 5.37 Å². The molecule has 13 heavy (non-hydrogen) atoms. The Balaban J connectivity index is 2.03. The normalized spacial score (nSPS) is 27.7. The Hall–Kier alpha value is -0.520. The first-order chi connectivity index (χ1) is 6.27. The Morgan fingerprint density at radius 1 is 1.69 bits per heavy atom. The van der Waals surface area contributed by atoms with Crippen LogP contribution in [-0.4, -0.2) is 22.9 Å². The fraction of sp³-hybridized carbons (Fsp3) is 0.375. The minimum atomic E-state index is -0.759. The molecular formula is C8H9NO2S2. The third kappa shape index (κ3) is 1.87. The summed E-state index contributed by atoms with van der Waals surface area (Å²) in [5.41, 5.74) is 1.18. The van der Waals surface area contributed by atoms with Gasteiger partial charge in [-0.1, -0.05) is 0 Å². The Labute approximate surface area is 84.2 Å². The highest BCUT2D eigenvalue weighted by Gasteiger charge is 2.30. The number of nitrogens with one attached hydrogen (secondary N) is 1. The van der Waals surface area contributed by atoms with Crippen molar-refractivity contribution in [3.8, 4) is 0 Å². The highest BCUT2D eigenvalue weighted by Crippen LogP contribution is 2.33. The molecule has 0 radical (unpaired) electrons. The van der Waals surface area contributed by atoms with Crippen molar-refractivity contribution in [2.45, 2.75) is 11.4 Å². The molecule has 2 atom stereocenters. The second-order valence-electron chi connectivity index (χ2n) is 2.83. The van der Waals surface area contributed by atoms with E-state index in [0.717, 1.165) is 0 Å². The Kier molecular flexibility index (Phi) is 2.57. The number of hydrogen-bond donors (Lipinski definition) is 2. The van der Waals surface area contributed by atoms with Crippen LogP contribution in [-0.2, 0) is 4.79 Å². The number of rotatable bonds is 2. The van der Waals surface area contributed by atoms with Crippen LogP contribution in [0.5, 0.6) is 0 Å². The van der Waals surface area contributed by atoms with E-state index in [-0.39, 0.29) is 5.37 Å². The summed E-state index contributed by atoms with van der Waals surface area (Å²) in [4.78, 5) is 10.6. The number of carbonyl (C=O) groups is 1. The summed E-state index contributed by atoms with van der Waals surface area (Å²) in [5, 5.41) is 16.0. The molecule has 1 saturated heterocycles. The minimum absolute atomic E-state index is 0.160. The molecule has 1 aromatic heterocycles. The molecule has 2 heterocycles. The molecule has 1 fully saturated rings. The number of thioether (sulfide) groups is 1. The standard InChI is InChI=1S/C8H9NO2S2/c10-8(11)6-4-13-7(9-6)5-1-2-12-3-5/h1-3,6-7,9H,4H2,(H,10,11)/t6-,7+/m0/s1. The van der Waals surface area contributed by atoms with Crippen molar-refractivity contribution in [3.05, 3.63) is 22.4 Å². The molecule has 3 nitrogen and oxygen atoms in total. The van der Waals surface area contributed by atoms with Crippen LogP contribution in [0.15, 0.2) is 16.8 Å². The lowest BCUT2D eigenvalue weighted by Crippen LogP contribution is -2.33. The lowest BCUT2D eigenvalue weighted by Gasteiger charge is -2.08. The zero-order chi connectivity index (χ0) is 9.26. The van der Waals surface area contributed by atoms with Crippen molar-refractivity contribution in [3.63, 3.8) is 0 Å². The molecular weight excluding hydrogens is 206 g/mol. The van der Waals surface area contributed by atoms with Gasteiger partial charge in [0.15, 0.2) is 0 Å². The predicted molar refractivity (Wildman–Crippen MR) is 54.1 cm³/mol.